The fourth-order valence-electron chi connectivity index (χ4n) is 7.64. The number of H-pyrrole nitrogens is 2. The minimum atomic E-state index is -0.352. The zero-order valence-corrected chi connectivity index (χ0v) is 33.2. The molecule has 14 nitrogen and oxygen atoms in total. The average molecular weight is 767 g/mol. The van der Waals surface area contributed by atoms with E-state index in [-0.39, 0.29) is 24.0 Å². The van der Waals surface area contributed by atoms with Crippen LogP contribution in [0.2, 0.25) is 0 Å². The number of imidazole rings is 2. The minimum absolute atomic E-state index is 0.0831. The van der Waals surface area contributed by atoms with Gasteiger partial charge in [0, 0.05) is 42.5 Å². The zero-order valence-electron chi connectivity index (χ0n) is 33.2. The van der Waals surface area contributed by atoms with Crippen molar-refractivity contribution in [1.29, 1.82) is 0 Å². The van der Waals surface area contributed by atoms with E-state index in [4.69, 9.17) is 0 Å². The normalized spacial score (nSPS) is 18.1. The summed E-state index contributed by atoms with van der Waals surface area (Å²) in [5.41, 5.74) is 5.36. The first-order valence-corrected chi connectivity index (χ1v) is 19.4. The molecular weight excluding hydrogens is 717 g/mol. The average Bonchev–Trinajstić information content (AvgIpc) is 4.07. The van der Waals surface area contributed by atoms with E-state index < -0.39 is 0 Å². The molecule has 2 fully saturated rings. The first-order valence-electron chi connectivity index (χ1n) is 19.4. The summed E-state index contributed by atoms with van der Waals surface area (Å²) in [5.74, 6) is 2.71. The highest BCUT2D eigenvalue weighted by Gasteiger charge is 2.37. The van der Waals surface area contributed by atoms with Crippen molar-refractivity contribution in [3.05, 3.63) is 121 Å². The summed E-state index contributed by atoms with van der Waals surface area (Å²) in [6, 6.07) is 19.4. The van der Waals surface area contributed by atoms with Crippen LogP contribution in [0.5, 0.6) is 0 Å². The zero-order chi connectivity index (χ0) is 39.9. The number of hydrogen-bond acceptors (Lipinski definition) is 11. The third-order valence-electron chi connectivity index (χ3n) is 10.7. The van der Waals surface area contributed by atoms with Gasteiger partial charge in [-0.3, -0.25) is 19.5 Å². The Morgan fingerprint density at radius 2 is 1.16 bits per heavy atom. The molecule has 2 N–H and O–H groups in total. The Labute approximate surface area is 333 Å². The smallest absolute Gasteiger partial charge is 0.245 e. The van der Waals surface area contributed by atoms with Crippen LogP contribution in [0, 0.1) is 0 Å². The van der Waals surface area contributed by atoms with Gasteiger partial charge in [0.25, 0.3) is 0 Å². The fraction of sp³-hybridized carbons (Fsp3) is 0.349. The molecule has 4 aromatic heterocycles. The van der Waals surface area contributed by atoms with Crippen LogP contribution in [0.25, 0.3) is 34.2 Å². The van der Waals surface area contributed by atoms with Crippen LogP contribution >= 0.6 is 0 Å². The van der Waals surface area contributed by atoms with Crippen LogP contribution in [0.4, 0.5) is 0 Å². The molecule has 2 saturated heterocycles. The number of rotatable bonds is 11. The Hall–Kier alpha value is -5.96. The first-order chi connectivity index (χ1) is 27.7. The molecule has 8 rings (SSSR count). The number of hydrogen-bond donors (Lipinski definition) is 2. The molecule has 6 aromatic rings. The molecule has 0 spiro atoms. The van der Waals surface area contributed by atoms with Gasteiger partial charge in [-0.15, -0.1) is 0 Å². The van der Waals surface area contributed by atoms with Gasteiger partial charge in [0.1, 0.15) is 24.0 Å². The molecule has 57 heavy (non-hydrogen) atoms. The van der Waals surface area contributed by atoms with E-state index >= 15 is 0 Å². The second kappa shape index (κ2) is 17.9. The number of carbonyl (C=O) groups is 2. The third kappa shape index (κ3) is 8.88. The number of aromatic nitrogens is 8. The number of likely N-dealkylation sites (N-methyl/N-ethyl adjacent to an activating group) is 2. The molecule has 0 aliphatic carbocycles. The Balaban J connectivity index is 0.000000356. The van der Waals surface area contributed by atoms with Gasteiger partial charge in [0.2, 0.25) is 5.91 Å². The van der Waals surface area contributed by atoms with Crippen molar-refractivity contribution < 1.29 is 9.59 Å². The SMILES string of the molecule is CN(C)C(C=O)c1ccccc1.CN(C)[C@@H](C(=O)N1CCC[C@H]1c1ncc(-c2cnc(-c3ncc(-c4cnc([C@@H]5CCCN5C)[nH]4)cn3)nc2)[nH]1)c1ccccc1. The summed E-state index contributed by atoms with van der Waals surface area (Å²) in [7, 11) is 9.81. The molecule has 2 aromatic carbocycles. The highest BCUT2D eigenvalue weighted by Crippen LogP contribution is 2.35. The lowest BCUT2D eigenvalue weighted by Crippen LogP contribution is -2.40. The minimum Gasteiger partial charge on any atom is -0.341 e. The van der Waals surface area contributed by atoms with E-state index in [1.807, 2.05) is 110 Å². The molecule has 14 heteroatoms. The predicted molar refractivity (Wildman–Crippen MR) is 218 cm³/mol. The number of likely N-dealkylation sites (tertiary alicyclic amines) is 2. The lowest BCUT2D eigenvalue weighted by atomic mass is 10.0. The van der Waals surface area contributed by atoms with E-state index in [9.17, 15) is 9.59 Å². The summed E-state index contributed by atoms with van der Waals surface area (Å²) >= 11 is 0. The first kappa shape index (κ1) is 39.3. The standard InChI is InChI=1S/C33H37N11O.C10H13NO/c1-42(2)28(21-9-5-4-6-10-21)33(45)44-14-8-12-27(44)30-39-20-25(41-30)23-17-36-32(37-18-23)31-34-15-22(16-35-31)24-19-38-29(40-24)26-11-7-13-43(26)3;1-11(2)10(8-12)9-6-4-3-5-7-9/h4-6,9-10,15-20,26-28H,7-8,11-14H2,1-3H3,(H,38,40)(H,39,41);3-8,10H,1-2H3/t26-,27-,28+;/m0./s1. The van der Waals surface area contributed by atoms with Crippen molar-refractivity contribution in [2.24, 2.45) is 0 Å². The quantitative estimate of drug-likeness (QED) is 0.151. The van der Waals surface area contributed by atoms with Crippen LogP contribution in [0.1, 0.15) is 72.6 Å². The summed E-state index contributed by atoms with van der Waals surface area (Å²) in [6.45, 7) is 1.79. The highest BCUT2D eigenvalue weighted by atomic mass is 16.2. The predicted octanol–water partition coefficient (Wildman–Crippen LogP) is 5.94. The molecule has 2 aliphatic rings. The molecule has 2 aliphatic heterocycles. The maximum Gasteiger partial charge on any atom is 0.245 e. The van der Waals surface area contributed by atoms with E-state index in [1.165, 1.54) is 6.42 Å². The van der Waals surface area contributed by atoms with Gasteiger partial charge in [-0.2, -0.15) is 0 Å². The van der Waals surface area contributed by atoms with E-state index in [0.29, 0.717) is 24.2 Å². The number of amides is 1. The molecule has 4 atom stereocenters. The van der Waals surface area contributed by atoms with Crippen molar-refractivity contribution in [2.75, 3.05) is 48.3 Å². The van der Waals surface area contributed by atoms with Gasteiger partial charge >= 0.3 is 0 Å². The molecule has 0 radical (unpaired) electrons. The van der Waals surface area contributed by atoms with Crippen molar-refractivity contribution in [3.63, 3.8) is 0 Å². The topological polar surface area (TPSA) is 156 Å². The molecular formula is C43H50N12O2. The van der Waals surface area contributed by atoms with Crippen molar-refractivity contribution in [1.82, 2.24) is 59.5 Å². The fourth-order valence-corrected chi connectivity index (χ4v) is 7.64. The highest BCUT2D eigenvalue weighted by molar-refractivity contribution is 5.84. The van der Waals surface area contributed by atoms with Crippen molar-refractivity contribution in [3.8, 4) is 34.2 Å². The maximum absolute atomic E-state index is 13.8. The van der Waals surface area contributed by atoms with Gasteiger partial charge in [0.05, 0.1) is 41.9 Å². The van der Waals surface area contributed by atoms with E-state index in [1.54, 1.807) is 31.0 Å². The van der Waals surface area contributed by atoms with Crippen LogP contribution in [-0.4, -0.2) is 120 Å². The number of carbonyl (C=O) groups excluding carboxylic acids is 2. The summed E-state index contributed by atoms with van der Waals surface area (Å²) in [4.78, 5) is 66.9. The second-order valence-electron chi connectivity index (χ2n) is 15.0. The van der Waals surface area contributed by atoms with E-state index in [0.717, 1.165) is 77.4 Å². The van der Waals surface area contributed by atoms with Gasteiger partial charge in [-0.1, -0.05) is 60.7 Å². The van der Waals surface area contributed by atoms with Crippen molar-refractivity contribution >= 4 is 12.2 Å². The number of nitrogens with zero attached hydrogens (tertiary/aromatic N) is 10. The Morgan fingerprint density at radius 3 is 1.63 bits per heavy atom. The van der Waals surface area contributed by atoms with Gasteiger partial charge < -0.3 is 19.7 Å². The largest absolute Gasteiger partial charge is 0.341 e. The Bertz CT molecular complexity index is 2200. The Morgan fingerprint density at radius 1 is 0.667 bits per heavy atom. The lowest BCUT2D eigenvalue weighted by Gasteiger charge is -2.31. The van der Waals surface area contributed by atoms with E-state index in [2.05, 4.69) is 51.8 Å². The molecule has 294 valence electrons. The molecule has 1 amide bonds. The monoisotopic (exact) mass is 766 g/mol. The maximum atomic E-state index is 13.8. The van der Waals surface area contributed by atoms with Gasteiger partial charge in [0.15, 0.2) is 11.6 Å². The van der Waals surface area contributed by atoms with Crippen LogP contribution in [0.15, 0.2) is 97.8 Å². The summed E-state index contributed by atoms with van der Waals surface area (Å²) < 4.78 is 0. The number of aldehydes is 1. The summed E-state index contributed by atoms with van der Waals surface area (Å²) in [6.07, 6.45) is 15.7. The van der Waals surface area contributed by atoms with Crippen LogP contribution in [-0.2, 0) is 9.59 Å². The molecule has 0 bridgehead atoms. The number of nitrogens with one attached hydrogen (secondary N) is 2. The molecule has 0 saturated carbocycles. The molecule has 1 unspecified atom stereocenters. The summed E-state index contributed by atoms with van der Waals surface area (Å²) in [5, 5.41) is 0. The number of benzene rings is 2. The van der Waals surface area contributed by atoms with Crippen LogP contribution < -0.4 is 0 Å². The lowest BCUT2D eigenvalue weighted by molar-refractivity contribution is -0.137. The number of aromatic amines is 2. The molecule has 6 heterocycles. The third-order valence-corrected chi connectivity index (χ3v) is 10.7. The van der Waals surface area contributed by atoms with Crippen molar-refractivity contribution in [2.45, 2.75) is 49.9 Å². The van der Waals surface area contributed by atoms with Crippen LogP contribution in [0.3, 0.4) is 0 Å². The van der Waals surface area contributed by atoms with Gasteiger partial charge in [-0.25, -0.2) is 29.9 Å². The second-order valence-corrected chi connectivity index (χ2v) is 15.0. The Kier molecular flexibility index (Phi) is 12.3. The van der Waals surface area contributed by atoms with Gasteiger partial charge in [-0.05, 0) is 78.6 Å².